The zero-order valence-electron chi connectivity index (χ0n) is 17.9. The van der Waals surface area contributed by atoms with Gasteiger partial charge in [-0.05, 0) is 36.2 Å². The van der Waals surface area contributed by atoms with Crippen molar-refractivity contribution in [3.05, 3.63) is 71.0 Å². The Hall–Kier alpha value is -3.22. The summed E-state index contributed by atoms with van der Waals surface area (Å²) >= 11 is 0. The third-order valence-corrected chi connectivity index (χ3v) is 4.86. The largest absolute Gasteiger partial charge is 0.497 e. The van der Waals surface area contributed by atoms with Gasteiger partial charge in [-0.15, -0.1) is 0 Å². The predicted molar refractivity (Wildman–Crippen MR) is 117 cm³/mol. The van der Waals surface area contributed by atoms with Crippen LogP contribution in [0.3, 0.4) is 0 Å². The molecule has 7 nitrogen and oxygen atoms in total. The summed E-state index contributed by atoms with van der Waals surface area (Å²) in [5, 5.41) is 11.0. The van der Waals surface area contributed by atoms with Crippen molar-refractivity contribution in [3.8, 4) is 5.75 Å². The molecular formula is C23H30N4O3. The minimum atomic E-state index is 0.561. The number of benzene rings is 1. The molecule has 0 spiro atoms. The van der Waals surface area contributed by atoms with E-state index in [1.54, 1.807) is 13.4 Å². The van der Waals surface area contributed by atoms with Crippen LogP contribution in [0.2, 0.25) is 0 Å². The maximum Gasteiger partial charge on any atom is 0.191 e. The van der Waals surface area contributed by atoms with Crippen molar-refractivity contribution in [1.82, 2.24) is 15.8 Å². The lowest BCUT2D eigenvalue weighted by Gasteiger charge is -2.13. The summed E-state index contributed by atoms with van der Waals surface area (Å²) < 4.78 is 16.1. The highest BCUT2D eigenvalue weighted by Crippen LogP contribution is 2.15. The first-order chi connectivity index (χ1) is 14.7. The van der Waals surface area contributed by atoms with Gasteiger partial charge in [0.05, 0.1) is 25.6 Å². The molecule has 0 saturated carbocycles. The second-order valence-electron chi connectivity index (χ2n) is 6.86. The van der Waals surface area contributed by atoms with Crippen molar-refractivity contribution in [3.63, 3.8) is 0 Å². The van der Waals surface area contributed by atoms with Crippen molar-refractivity contribution in [2.45, 2.75) is 46.2 Å². The van der Waals surface area contributed by atoms with Gasteiger partial charge in [0.1, 0.15) is 17.3 Å². The standard InChI is InChI=1S/C23H30N4O3/c1-4-21-20(22(5-2)30-27-21)16-26-23(24-13-12-19-7-6-14-29-19)25-15-17-8-10-18(28-3)11-9-17/h6-11,14H,4-5,12-13,15-16H2,1-3H3,(H2,24,25,26). The van der Waals surface area contributed by atoms with E-state index < -0.39 is 0 Å². The molecule has 3 aromatic rings. The molecule has 0 bridgehead atoms. The highest BCUT2D eigenvalue weighted by Gasteiger charge is 2.13. The molecule has 1 aromatic carbocycles. The molecule has 0 aliphatic carbocycles. The molecule has 0 amide bonds. The average Bonchev–Trinajstić information content (AvgIpc) is 3.44. The number of aliphatic imine (C=N–C) groups is 1. The molecule has 0 radical (unpaired) electrons. The van der Waals surface area contributed by atoms with E-state index >= 15 is 0 Å². The van der Waals surface area contributed by atoms with Crippen LogP contribution in [-0.4, -0.2) is 24.8 Å². The maximum absolute atomic E-state index is 5.47. The van der Waals surface area contributed by atoms with Crippen molar-refractivity contribution in [1.29, 1.82) is 0 Å². The highest BCUT2D eigenvalue weighted by atomic mass is 16.5. The lowest BCUT2D eigenvalue weighted by atomic mass is 10.1. The van der Waals surface area contributed by atoms with Crippen molar-refractivity contribution in [2.75, 3.05) is 13.7 Å². The molecule has 0 aliphatic rings. The fourth-order valence-electron chi connectivity index (χ4n) is 3.14. The van der Waals surface area contributed by atoms with Crippen LogP contribution in [0.5, 0.6) is 5.75 Å². The Morgan fingerprint density at radius 2 is 1.93 bits per heavy atom. The third kappa shape index (κ3) is 5.89. The normalized spacial score (nSPS) is 11.5. The van der Waals surface area contributed by atoms with E-state index in [9.17, 15) is 0 Å². The van der Waals surface area contributed by atoms with Gasteiger partial charge in [-0.3, -0.25) is 0 Å². The zero-order chi connectivity index (χ0) is 21.2. The van der Waals surface area contributed by atoms with Crippen LogP contribution in [0.4, 0.5) is 0 Å². The van der Waals surface area contributed by atoms with Crippen LogP contribution in [0.25, 0.3) is 0 Å². The number of furan rings is 1. The summed E-state index contributed by atoms with van der Waals surface area (Å²) in [5.74, 6) is 3.44. The molecule has 0 atom stereocenters. The smallest absolute Gasteiger partial charge is 0.191 e. The minimum absolute atomic E-state index is 0.561. The molecular weight excluding hydrogens is 380 g/mol. The second kappa shape index (κ2) is 11.1. The number of nitrogens with zero attached hydrogens (tertiary/aromatic N) is 2. The molecule has 0 aliphatic heterocycles. The Labute approximate surface area is 177 Å². The van der Waals surface area contributed by atoms with Gasteiger partial charge in [0, 0.05) is 31.5 Å². The number of hydrogen-bond donors (Lipinski definition) is 2. The fourth-order valence-corrected chi connectivity index (χ4v) is 3.14. The summed E-state index contributed by atoms with van der Waals surface area (Å²) in [4.78, 5) is 4.75. The monoisotopic (exact) mass is 410 g/mol. The quantitative estimate of drug-likeness (QED) is 0.390. The van der Waals surface area contributed by atoms with Gasteiger partial charge in [0.25, 0.3) is 0 Å². The van der Waals surface area contributed by atoms with Crippen LogP contribution in [0, 0.1) is 0 Å². The Kier molecular flexibility index (Phi) is 7.94. The Balaban J connectivity index is 1.66. The first kappa shape index (κ1) is 21.5. The summed E-state index contributed by atoms with van der Waals surface area (Å²) in [6.07, 6.45) is 4.12. The number of hydrogen-bond acceptors (Lipinski definition) is 5. The Bertz CT molecular complexity index is 893. The molecule has 2 N–H and O–H groups in total. The van der Waals surface area contributed by atoms with Gasteiger partial charge in [-0.1, -0.05) is 31.1 Å². The van der Waals surface area contributed by atoms with Gasteiger partial charge in [0.15, 0.2) is 5.96 Å². The van der Waals surface area contributed by atoms with E-state index in [0.717, 1.165) is 59.3 Å². The Morgan fingerprint density at radius 3 is 2.60 bits per heavy atom. The summed E-state index contributed by atoms with van der Waals surface area (Å²) in [5.41, 5.74) is 3.21. The van der Waals surface area contributed by atoms with Crippen LogP contribution < -0.4 is 15.4 Å². The molecule has 160 valence electrons. The number of ether oxygens (including phenoxy) is 1. The summed E-state index contributed by atoms with van der Waals surface area (Å²) in [6.45, 7) is 6.05. The third-order valence-electron chi connectivity index (χ3n) is 4.86. The van der Waals surface area contributed by atoms with Crippen LogP contribution >= 0.6 is 0 Å². The molecule has 2 heterocycles. The van der Waals surface area contributed by atoms with E-state index in [2.05, 4.69) is 29.6 Å². The van der Waals surface area contributed by atoms with Crippen molar-refractivity contribution < 1.29 is 13.7 Å². The first-order valence-corrected chi connectivity index (χ1v) is 10.4. The maximum atomic E-state index is 5.47. The molecule has 7 heteroatoms. The topological polar surface area (TPSA) is 84.8 Å². The molecule has 0 saturated heterocycles. The highest BCUT2D eigenvalue weighted by molar-refractivity contribution is 5.79. The number of nitrogens with one attached hydrogen (secondary N) is 2. The SMILES string of the molecule is CCc1noc(CC)c1CNC(=NCc1ccc(OC)cc1)NCCc1ccco1. The number of aryl methyl sites for hydroxylation is 2. The van der Waals surface area contributed by atoms with E-state index in [1.807, 2.05) is 36.4 Å². The van der Waals surface area contributed by atoms with Crippen LogP contribution in [0.1, 0.15) is 42.2 Å². The second-order valence-corrected chi connectivity index (χ2v) is 6.86. The van der Waals surface area contributed by atoms with E-state index in [4.69, 9.17) is 18.7 Å². The van der Waals surface area contributed by atoms with Crippen LogP contribution in [0.15, 0.2) is 56.6 Å². The van der Waals surface area contributed by atoms with E-state index in [-0.39, 0.29) is 0 Å². The lowest BCUT2D eigenvalue weighted by molar-refractivity contribution is 0.380. The zero-order valence-corrected chi connectivity index (χ0v) is 17.9. The molecule has 2 aromatic heterocycles. The predicted octanol–water partition coefficient (Wildman–Crippen LogP) is 3.88. The van der Waals surface area contributed by atoms with Gasteiger partial charge < -0.3 is 24.3 Å². The summed E-state index contributed by atoms with van der Waals surface area (Å²) in [7, 11) is 1.66. The summed E-state index contributed by atoms with van der Waals surface area (Å²) in [6, 6.07) is 11.8. The number of rotatable bonds is 10. The van der Waals surface area contributed by atoms with Gasteiger partial charge in [0.2, 0.25) is 0 Å². The molecule has 3 rings (SSSR count). The average molecular weight is 411 g/mol. The Morgan fingerprint density at radius 1 is 1.10 bits per heavy atom. The first-order valence-electron chi connectivity index (χ1n) is 10.4. The van der Waals surface area contributed by atoms with E-state index in [0.29, 0.717) is 19.6 Å². The van der Waals surface area contributed by atoms with Gasteiger partial charge in [-0.2, -0.15) is 0 Å². The molecule has 0 fully saturated rings. The number of methoxy groups -OCH3 is 1. The minimum Gasteiger partial charge on any atom is -0.497 e. The van der Waals surface area contributed by atoms with Crippen LogP contribution in [-0.2, 0) is 32.4 Å². The van der Waals surface area contributed by atoms with E-state index in [1.165, 1.54) is 0 Å². The molecule has 30 heavy (non-hydrogen) atoms. The van der Waals surface area contributed by atoms with Gasteiger partial charge >= 0.3 is 0 Å². The number of guanidine groups is 1. The number of aromatic nitrogens is 1. The van der Waals surface area contributed by atoms with Crippen molar-refractivity contribution >= 4 is 5.96 Å². The van der Waals surface area contributed by atoms with Crippen molar-refractivity contribution in [2.24, 2.45) is 4.99 Å². The molecule has 0 unspecified atom stereocenters. The van der Waals surface area contributed by atoms with Gasteiger partial charge in [-0.25, -0.2) is 4.99 Å². The fraction of sp³-hybridized carbons (Fsp3) is 0.391. The lowest BCUT2D eigenvalue weighted by Crippen LogP contribution is -2.38.